The molecule has 1 atom stereocenters. The van der Waals surface area contributed by atoms with Crippen LogP contribution in [0.25, 0.3) is 0 Å². The van der Waals surface area contributed by atoms with Crippen LogP contribution in [0, 0.1) is 11.3 Å². The number of nitriles is 1. The van der Waals surface area contributed by atoms with Gasteiger partial charge in [0.05, 0.1) is 16.5 Å². The first-order chi connectivity index (χ1) is 6.54. The van der Waals surface area contributed by atoms with Crippen LogP contribution in [0.3, 0.4) is 0 Å². The van der Waals surface area contributed by atoms with Crippen LogP contribution in [0.1, 0.15) is 22.9 Å². The fourth-order valence-electron chi connectivity index (χ4n) is 1.12. The van der Waals surface area contributed by atoms with E-state index in [4.69, 9.17) is 11.0 Å². The molecule has 0 heterocycles. The van der Waals surface area contributed by atoms with Gasteiger partial charge in [-0.15, -0.1) is 0 Å². The number of benzene rings is 1. The highest BCUT2D eigenvalue weighted by Crippen LogP contribution is 2.26. The van der Waals surface area contributed by atoms with Gasteiger partial charge >= 0.3 is 0 Å². The molecule has 0 bridgehead atoms. The minimum atomic E-state index is -0.391. The van der Waals surface area contributed by atoms with Gasteiger partial charge < -0.3 is 5.73 Å². The average molecular weight is 253 g/mol. The van der Waals surface area contributed by atoms with Crippen LogP contribution < -0.4 is 5.73 Å². The molecule has 0 saturated heterocycles. The van der Waals surface area contributed by atoms with Crippen molar-refractivity contribution >= 4 is 27.4 Å². The van der Waals surface area contributed by atoms with Crippen molar-refractivity contribution in [2.24, 2.45) is 0 Å². The van der Waals surface area contributed by atoms with E-state index in [1.807, 2.05) is 6.07 Å². The normalized spacial score (nSPS) is 11.8. The minimum absolute atomic E-state index is 0.0144. The zero-order chi connectivity index (χ0) is 10.7. The summed E-state index contributed by atoms with van der Waals surface area (Å²) in [5.41, 5.74) is 7.26. The lowest BCUT2D eigenvalue weighted by Crippen LogP contribution is -2.02. The summed E-state index contributed by atoms with van der Waals surface area (Å²) in [5, 5.41) is 8.70. The molecule has 2 N–H and O–H groups in total. The highest BCUT2D eigenvalue weighted by atomic mass is 79.9. The third-order valence-electron chi connectivity index (χ3n) is 1.76. The molecule has 0 amide bonds. The Morgan fingerprint density at radius 1 is 1.57 bits per heavy atom. The number of anilines is 1. The monoisotopic (exact) mass is 252 g/mol. The zero-order valence-corrected chi connectivity index (χ0v) is 9.21. The Labute approximate surface area is 90.7 Å². The highest BCUT2D eigenvalue weighted by molar-refractivity contribution is 9.09. The van der Waals surface area contributed by atoms with Gasteiger partial charge in [0.25, 0.3) is 0 Å². The number of rotatable bonds is 2. The summed E-state index contributed by atoms with van der Waals surface area (Å²) < 4.78 is 0. The SMILES string of the molecule is CC(=O)C(Br)c1cc(N)cc(C#N)c1. The topological polar surface area (TPSA) is 66.9 Å². The molecule has 14 heavy (non-hydrogen) atoms. The standard InChI is InChI=1S/C10H9BrN2O/c1-6(14)10(11)8-2-7(5-12)3-9(13)4-8/h2-4,10H,13H2,1H3. The lowest BCUT2D eigenvalue weighted by atomic mass is 10.1. The number of nitrogens with two attached hydrogens (primary N) is 1. The van der Waals surface area contributed by atoms with Crippen LogP contribution >= 0.6 is 15.9 Å². The molecule has 0 aliphatic heterocycles. The molecule has 4 heteroatoms. The predicted octanol–water partition coefficient (Wildman–Crippen LogP) is 2.17. The van der Waals surface area contributed by atoms with Gasteiger partial charge in [-0.2, -0.15) is 5.26 Å². The third-order valence-corrected chi connectivity index (χ3v) is 2.93. The van der Waals surface area contributed by atoms with Gasteiger partial charge in [-0.3, -0.25) is 4.79 Å². The molecular weight excluding hydrogens is 244 g/mol. The number of carbonyl (C=O) groups is 1. The first kappa shape index (κ1) is 10.7. The van der Waals surface area contributed by atoms with E-state index in [2.05, 4.69) is 15.9 Å². The number of halogens is 1. The number of hydrogen-bond donors (Lipinski definition) is 1. The second-order valence-electron chi connectivity index (χ2n) is 2.97. The van der Waals surface area contributed by atoms with Gasteiger partial charge in [-0.1, -0.05) is 15.9 Å². The van der Waals surface area contributed by atoms with Crippen LogP contribution in [-0.2, 0) is 4.79 Å². The quantitative estimate of drug-likeness (QED) is 0.648. The van der Waals surface area contributed by atoms with Crippen LogP contribution in [0.4, 0.5) is 5.69 Å². The van der Waals surface area contributed by atoms with Gasteiger partial charge in [0, 0.05) is 5.69 Å². The Hall–Kier alpha value is -1.34. The van der Waals surface area contributed by atoms with Crippen molar-refractivity contribution < 1.29 is 4.79 Å². The number of nitrogen functional groups attached to an aromatic ring is 1. The van der Waals surface area contributed by atoms with Crippen molar-refractivity contribution in [1.29, 1.82) is 5.26 Å². The summed E-state index contributed by atoms with van der Waals surface area (Å²) in [6.45, 7) is 1.48. The molecule has 0 spiro atoms. The molecule has 0 saturated carbocycles. The Morgan fingerprint density at radius 2 is 2.21 bits per heavy atom. The Bertz CT molecular complexity index is 409. The molecule has 1 unspecified atom stereocenters. The van der Waals surface area contributed by atoms with E-state index >= 15 is 0 Å². The van der Waals surface area contributed by atoms with Crippen molar-refractivity contribution in [2.75, 3.05) is 5.73 Å². The van der Waals surface area contributed by atoms with E-state index < -0.39 is 4.83 Å². The van der Waals surface area contributed by atoms with Crippen LogP contribution in [0.15, 0.2) is 18.2 Å². The summed E-state index contributed by atoms with van der Waals surface area (Å²) in [6, 6.07) is 6.89. The fourth-order valence-corrected chi connectivity index (χ4v) is 1.39. The van der Waals surface area contributed by atoms with Crippen molar-refractivity contribution in [2.45, 2.75) is 11.8 Å². The van der Waals surface area contributed by atoms with Gasteiger partial charge in [-0.05, 0) is 30.7 Å². The summed E-state index contributed by atoms with van der Waals surface area (Å²) in [5.74, 6) is -0.0144. The molecule has 1 aromatic rings. The van der Waals surface area contributed by atoms with E-state index in [0.29, 0.717) is 16.8 Å². The van der Waals surface area contributed by atoms with Crippen LogP contribution in [-0.4, -0.2) is 5.78 Å². The maximum absolute atomic E-state index is 11.1. The number of ketones is 1. The molecule has 0 aliphatic carbocycles. The molecule has 0 radical (unpaired) electrons. The van der Waals surface area contributed by atoms with Crippen molar-refractivity contribution in [3.8, 4) is 6.07 Å². The van der Waals surface area contributed by atoms with Gasteiger partial charge in [0.2, 0.25) is 0 Å². The molecule has 72 valence electrons. The maximum atomic E-state index is 11.1. The second-order valence-corrected chi connectivity index (χ2v) is 3.89. The van der Waals surface area contributed by atoms with Crippen LogP contribution in [0.2, 0.25) is 0 Å². The lowest BCUT2D eigenvalue weighted by molar-refractivity contribution is -0.116. The maximum Gasteiger partial charge on any atom is 0.147 e. The first-order valence-electron chi connectivity index (χ1n) is 3.99. The van der Waals surface area contributed by atoms with E-state index in [1.165, 1.54) is 6.92 Å². The summed E-state index contributed by atoms with van der Waals surface area (Å²) in [7, 11) is 0. The largest absolute Gasteiger partial charge is 0.399 e. The molecule has 0 aromatic heterocycles. The highest BCUT2D eigenvalue weighted by Gasteiger charge is 2.13. The average Bonchev–Trinajstić information content (AvgIpc) is 2.15. The first-order valence-corrected chi connectivity index (χ1v) is 4.91. The van der Waals surface area contributed by atoms with Crippen molar-refractivity contribution in [3.05, 3.63) is 29.3 Å². The summed E-state index contributed by atoms with van der Waals surface area (Å²) in [4.78, 5) is 10.7. The van der Waals surface area contributed by atoms with E-state index in [0.717, 1.165) is 0 Å². The van der Waals surface area contributed by atoms with Gasteiger partial charge in [-0.25, -0.2) is 0 Å². The number of nitrogens with zero attached hydrogens (tertiary/aromatic N) is 1. The van der Waals surface area contributed by atoms with E-state index in [9.17, 15) is 4.79 Å². The summed E-state index contributed by atoms with van der Waals surface area (Å²) >= 11 is 3.23. The second kappa shape index (κ2) is 4.25. The smallest absolute Gasteiger partial charge is 0.147 e. The lowest BCUT2D eigenvalue weighted by Gasteiger charge is -2.07. The van der Waals surface area contributed by atoms with Gasteiger partial charge in [0.15, 0.2) is 0 Å². The van der Waals surface area contributed by atoms with E-state index in [-0.39, 0.29) is 5.78 Å². The van der Waals surface area contributed by atoms with Gasteiger partial charge in [0.1, 0.15) is 5.78 Å². The Morgan fingerprint density at radius 3 is 2.71 bits per heavy atom. The number of carbonyl (C=O) groups excluding carboxylic acids is 1. The van der Waals surface area contributed by atoms with Crippen LogP contribution in [0.5, 0.6) is 0 Å². The molecule has 0 aliphatic rings. The number of Topliss-reactive ketones (excluding diaryl/α,β-unsaturated/α-hetero) is 1. The Balaban J connectivity index is 3.17. The van der Waals surface area contributed by atoms with Crippen molar-refractivity contribution in [1.82, 2.24) is 0 Å². The predicted molar refractivity (Wildman–Crippen MR) is 57.9 cm³/mol. The fraction of sp³-hybridized carbons (Fsp3) is 0.200. The molecule has 1 rings (SSSR count). The number of hydrogen-bond acceptors (Lipinski definition) is 3. The molecule has 3 nitrogen and oxygen atoms in total. The third kappa shape index (κ3) is 2.33. The van der Waals surface area contributed by atoms with Crippen molar-refractivity contribution in [3.63, 3.8) is 0 Å². The Kier molecular flexibility index (Phi) is 3.26. The minimum Gasteiger partial charge on any atom is -0.399 e. The molecule has 1 aromatic carbocycles. The number of alkyl halides is 1. The van der Waals surface area contributed by atoms with E-state index in [1.54, 1.807) is 18.2 Å². The summed E-state index contributed by atoms with van der Waals surface area (Å²) in [6.07, 6.45) is 0. The molecule has 0 fully saturated rings. The molecular formula is C10H9BrN2O. The zero-order valence-electron chi connectivity index (χ0n) is 7.62.